The van der Waals surface area contributed by atoms with E-state index >= 15 is 0 Å². The summed E-state index contributed by atoms with van der Waals surface area (Å²) in [7, 11) is 0. The van der Waals surface area contributed by atoms with Gasteiger partial charge in [0.25, 0.3) is 0 Å². The van der Waals surface area contributed by atoms with Crippen LogP contribution in [0.25, 0.3) is 0 Å². The average molecular weight is 198 g/mol. The van der Waals surface area contributed by atoms with Gasteiger partial charge in [-0.1, -0.05) is 0 Å². The molecule has 14 heavy (non-hydrogen) atoms. The van der Waals surface area contributed by atoms with E-state index in [-0.39, 0.29) is 5.72 Å². The van der Waals surface area contributed by atoms with E-state index in [0.717, 1.165) is 45.9 Å². The van der Waals surface area contributed by atoms with Crippen LogP contribution in [0.5, 0.6) is 0 Å². The summed E-state index contributed by atoms with van der Waals surface area (Å²) >= 11 is 0. The van der Waals surface area contributed by atoms with E-state index in [9.17, 15) is 0 Å². The predicted molar refractivity (Wildman–Crippen MR) is 52.0 cm³/mol. The Bertz CT molecular complexity index is 210. The molecule has 0 aromatic heterocycles. The molecule has 0 amide bonds. The third-order valence-electron chi connectivity index (χ3n) is 3.60. The van der Waals surface area contributed by atoms with Crippen LogP contribution >= 0.6 is 0 Å². The van der Waals surface area contributed by atoms with Gasteiger partial charge >= 0.3 is 0 Å². The van der Waals surface area contributed by atoms with E-state index in [1.165, 1.54) is 6.42 Å². The van der Waals surface area contributed by atoms with Crippen LogP contribution in [0.3, 0.4) is 0 Å². The minimum Gasteiger partial charge on any atom is -0.380 e. The van der Waals surface area contributed by atoms with Crippen molar-refractivity contribution < 1.29 is 9.47 Å². The molecule has 1 atom stereocenters. The summed E-state index contributed by atoms with van der Waals surface area (Å²) in [4.78, 5) is 0. The van der Waals surface area contributed by atoms with Crippen LogP contribution in [-0.4, -0.2) is 45.2 Å². The van der Waals surface area contributed by atoms with Gasteiger partial charge in [0.05, 0.1) is 25.2 Å². The Morgan fingerprint density at radius 2 is 2.00 bits per heavy atom. The second-order valence-electron chi connectivity index (χ2n) is 4.91. The summed E-state index contributed by atoms with van der Waals surface area (Å²) in [6.07, 6.45) is 2.34. The van der Waals surface area contributed by atoms with Crippen molar-refractivity contribution in [3.63, 3.8) is 0 Å². The zero-order valence-electron chi connectivity index (χ0n) is 8.47. The van der Waals surface area contributed by atoms with E-state index < -0.39 is 0 Å². The monoisotopic (exact) mass is 198 g/mol. The van der Waals surface area contributed by atoms with E-state index in [4.69, 9.17) is 9.47 Å². The Kier molecular flexibility index (Phi) is 2.06. The minimum atomic E-state index is -0.0703. The van der Waals surface area contributed by atoms with Crippen molar-refractivity contribution in [2.24, 2.45) is 5.41 Å². The highest BCUT2D eigenvalue weighted by Crippen LogP contribution is 2.34. The summed E-state index contributed by atoms with van der Waals surface area (Å²) in [5.41, 5.74) is 0.224. The Balaban J connectivity index is 1.63. The summed E-state index contributed by atoms with van der Waals surface area (Å²) in [5, 5.41) is 6.95. The number of nitrogens with one attached hydrogen (secondary N) is 2. The van der Waals surface area contributed by atoms with Crippen molar-refractivity contribution in [2.45, 2.75) is 18.6 Å². The van der Waals surface area contributed by atoms with Crippen LogP contribution in [0.1, 0.15) is 12.8 Å². The molecular weight excluding hydrogens is 180 g/mol. The Morgan fingerprint density at radius 1 is 1.07 bits per heavy atom. The maximum atomic E-state index is 6.01. The van der Waals surface area contributed by atoms with Crippen molar-refractivity contribution >= 4 is 0 Å². The molecule has 3 rings (SSSR count). The second kappa shape index (κ2) is 3.17. The maximum absolute atomic E-state index is 6.01. The summed E-state index contributed by atoms with van der Waals surface area (Å²) in [5.74, 6) is 0. The number of ether oxygens (including phenoxy) is 2. The van der Waals surface area contributed by atoms with Crippen LogP contribution in [0.2, 0.25) is 0 Å². The molecule has 0 aromatic rings. The lowest BCUT2D eigenvalue weighted by molar-refractivity contribution is -0.224. The van der Waals surface area contributed by atoms with Gasteiger partial charge in [0.2, 0.25) is 0 Å². The highest BCUT2D eigenvalue weighted by Gasteiger charge is 2.47. The molecule has 2 spiro atoms. The van der Waals surface area contributed by atoms with Crippen molar-refractivity contribution in [1.29, 1.82) is 0 Å². The van der Waals surface area contributed by atoms with Crippen LogP contribution in [0.4, 0.5) is 0 Å². The zero-order valence-corrected chi connectivity index (χ0v) is 8.47. The van der Waals surface area contributed by atoms with Gasteiger partial charge in [-0.2, -0.15) is 0 Å². The number of piperidine rings is 1. The van der Waals surface area contributed by atoms with Crippen LogP contribution in [0.15, 0.2) is 0 Å². The molecule has 0 saturated carbocycles. The molecule has 80 valence electrons. The molecule has 1 unspecified atom stereocenters. The van der Waals surface area contributed by atoms with Crippen LogP contribution in [-0.2, 0) is 9.47 Å². The molecule has 4 nitrogen and oxygen atoms in total. The van der Waals surface area contributed by atoms with E-state index in [1.54, 1.807) is 0 Å². The molecule has 0 aromatic carbocycles. The molecule has 3 fully saturated rings. The topological polar surface area (TPSA) is 42.5 Å². The SMILES string of the molecule is C1CNCC2(C1)NCC1(COC1)CO2. The van der Waals surface area contributed by atoms with Crippen molar-refractivity contribution in [3.8, 4) is 0 Å². The van der Waals surface area contributed by atoms with Gasteiger partial charge in [-0.25, -0.2) is 0 Å². The van der Waals surface area contributed by atoms with Gasteiger partial charge in [0.1, 0.15) is 5.72 Å². The lowest BCUT2D eigenvalue weighted by atomic mass is 9.84. The number of hydrogen-bond donors (Lipinski definition) is 2. The summed E-state index contributed by atoms with van der Waals surface area (Å²) < 4.78 is 11.3. The fourth-order valence-corrected chi connectivity index (χ4v) is 2.47. The van der Waals surface area contributed by atoms with Gasteiger partial charge < -0.3 is 14.8 Å². The normalized spacial score (nSPS) is 41.1. The largest absolute Gasteiger partial charge is 0.380 e. The highest BCUT2D eigenvalue weighted by atomic mass is 16.5. The number of hydrogen-bond acceptors (Lipinski definition) is 4. The molecule has 3 heterocycles. The van der Waals surface area contributed by atoms with Gasteiger partial charge in [0, 0.05) is 13.1 Å². The van der Waals surface area contributed by atoms with Crippen molar-refractivity contribution in [2.75, 3.05) is 39.5 Å². The lowest BCUT2D eigenvalue weighted by Gasteiger charge is -2.52. The molecular formula is C10H18N2O2. The van der Waals surface area contributed by atoms with E-state index in [1.807, 2.05) is 0 Å². The van der Waals surface area contributed by atoms with E-state index in [0.29, 0.717) is 5.41 Å². The van der Waals surface area contributed by atoms with Gasteiger partial charge in [-0.15, -0.1) is 0 Å². The molecule has 0 aliphatic carbocycles. The number of rotatable bonds is 0. The van der Waals surface area contributed by atoms with Crippen molar-refractivity contribution in [1.82, 2.24) is 10.6 Å². The average Bonchev–Trinajstić information content (AvgIpc) is 2.18. The quantitative estimate of drug-likeness (QED) is 0.561. The molecule has 4 heteroatoms. The standard InChI is InChI=1S/C10H18N2O2/c1-2-10(5-11-3-1)12-4-9(8-14-10)6-13-7-9/h11-12H,1-8H2. The molecule has 2 N–H and O–H groups in total. The van der Waals surface area contributed by atoms with Crippen LogP contribution < -0.4 is 10.6 Å². The Morgan fingerprint density at radius 3 is 2.50 bits per heavy atom. The first-order valence-corrected chi connectivity index (χ1v) is 5.50. The molecule has 3 aliphatic rings. The van der Waals surface area contributed by atoms with E-state index in [2.05, 4.69) is 10.6 Å². The lowest BCUT2D eigenvalue weighted by Crippen LogP contribution is -2.68. The minimum absolute atomic E-state index is 0.0703. The van der Waals surface area contributed by atoms with Gasteiger partial charge in [0.15, 0.2) is 0 Å². The first kappa shape index (κ1) is 9.09. The highest BCUT2D eigenvalue weighted by molar-refractivity contribution is 4.97. The summed E-state index contributed by atoms with van der Waals surface area (Å²) in [6, 6.07) is 0. The second-order valence-corrected chi connectivity index (χ2v) is 4.91. The first-order valence-electron chi connectivity index (χ1n) is 5.50. The molecule has 3 aliphatic heterocycles. The Hall–Kier alpha value is -0.160. The first-order chi connectivity index (χ1) is 6.83. The summed E-state index contributed by atoms with van der Waals surface area (Å²) in [6.45, 7) is 5.72. The molecule has 0 bridgehead atoms. The van der Waals surface area contributed by atoms with Crippen LogP contribution in [0, 0.1) is 5.41 Å². The smallest absolute Gasteiger partial charge is 0.131 e. The molecule has 0 radical (unpaired) electrons. The van der Waals surface area contributed by atoms with Crippen molar-refractivity contribution in [3.05, 3.63) is 0 Å². The maximum Gasteiger partial charge on any atom is 0.131 e. The van der Waals surface area contributed by atoms with Gasteiger partial charge in [-0.3, -0.25) is 5.32 Å². The van der Waals surface area contributed by atoms with Gasteiger partial charge in [-0.05, 0) is 19.4 Å². The third-order valence-corrected chi connectivity index (χ3v) is 3.60. The predicted octanol–water partition coefficient (Wildman–Crippen LogP) is -0.297. The third kappa shape index (κ3) is 1.37. The Labute approximate surface area is 84.3 Å². The molecule has 3 saturated heterocycles. The zero-order chi connectivity index (χ0) is 9.49. The fraction of sp³-hybridized carbons (Fsp3) is 1.00. The fourth-order valence-electron chi connectivity index (χ4n) is 2.47.